The fourth-order valence-corrected chi connectivity index (χ4v) is 3.86. The SMILES string of the molecule is Cc1nc(CCNC(=O)C2(C(N)=S)CCCCCC2)cs1. The Kier molecular flexibility index (Phi) is 5.70. The number of carbonyl (C=O) groups excluding carboxylic acids is 1. The van der Waals surface area contributed by atoms with Crippen LogP contribution in [-0.2, 0) is 11.2 Å². The predicted octanol–water partition coefficient (Wildman–Crippen LogP) is 2.74. The molecule has 0 spiro atoms. The van der Waals surface area contributed by atoms with Gasteiger partial charge in [-0.1, -0.05) is 37.9 Å². The number of aromatic nitrogens is 1. The molecule has 1 aromatic rings. The number of amides is 1. The maximum absolute atomic E-state index is 12.6. The smallest absolute Gasteiger partial charge is 0.233 e. The Morgan fingerprint density at radius 2 is 2.10 bits per heavy atom. The summed E-state index contributed by atoms with van der Waals surface area (Å²) in [5.74, 6) is 0.00357. The van der Waals surface area contributed by atoms with Crippen molar-refractivity contribution in [2.24, 2.45) is 11.1 Å². The molecule has 21 heavy (non-hydrogen) atoms. The van der Waals surface area contributed by atoms with Gasteiger partial charge in [-0.25, -0.2) is 4.98 Å². The van der Waals surface area contributed by atoms with E-state index < -0.39 is 5.41 Å². The molecule has 1 aromatic heterocycles. The van der Waals surface area contributed by atoms with Crippen molar-refractivity contribution in [2.45, 2.75) is 51.9 Å². The second kappa shape index (κ2) is 7.31. The molecular weight excluding hydrogens is 302 g/mol. The Balaban J connectivity index is 1.93. The minimum absolute atomic E-state index is 0.00357. The van der Waals surface area contributed by atoms with E-state index in [-0.39, 0.29) is 5.91 Å². The van der Waals surface area contributed by atoms with Crippen molar-refractivity contribution in [3.63, 3.8) is 0 Å². The van der Waals surface area contributed by atoms with E-state index in [9.17, 15) is 4.79 Å². The summed E-state index contributed by atoms with van der Waals surface area (Å²) in [5, 5.41) is 6.11. The maximum Gasteiger partial charge on any atom is 0.233 e. The van der Waals surface area contributed by atoms with Gasteiger partial charge in [0, 0.05) is 18.3 Å². The highest BCUT2D eigenvalue weighted by Gasteiger charge is 2.41. The first-order valence-electron chi connectivity index (χ1n) is 7.54. The van der Waals surface area contributed by atoms with Crippen molar-refractivity contribution in [3.8, 4) is 0 Å². The molecule has 116 valence electrons. The average Bonchev–Trinajstić information content (AvgIpc) is 2.72. The second-order valence-corrected chi connectivity index (χ2v) is 7.23. The zero-order valence-electron chi connectivity index (χ0n) is 12.5. The topological polar surface area (TPSA) is 68.0 Å². The van der Waals surface area contributed by atoms with Gasteiger partial charge in [0.1, 0.15) is 0 Å². The van der Waals surface area contributed by atoms with Gasteiger partial charge in [0.15, 0.2) is 0 Å². The highest BCUT2D eigenvalue weighted by atomic mass is 32.1. The number of carbonyl (C=O) groups is 1. The lowest BCUT2D eigenvalue weighted by atomic mass is 9.79. The summed E-state index contributed by atoms with van der Waals surface area (Å²) in [6, 6.07) is 0. The van der Waals surface area contributed by atoms with Crippen LogP contribution < -0.4 is 11.1 Å². The molecule has 1 aliphatic carbocycles. The minimum atomic E-state index is -0.635. The summed E-state index contributed by atoms with van der Waals surface area (Å²) in [6.45, 7) is 2.58. The summed E-state index contributed by atoms with van der Waals surface area (Å²) < 4.78 is 0. The fraction of sp³-hybridized carbons (Fsp3) is 0.667. The van der Waals surface area contributed by atoms with E-state index in [0.717, 1.165) is 55.6 Å². The van der Waals surface area contributed by atoms with E-state index in [1.807, 2.05) is 12.3 Å². The van der Waals surface area contributed by atoms with Crippen LogP contribution >= 0.6 is 23.6 Å². The standard InChI is InChI=1S/C15H23N3OS2/c1-11-18-12(10-21-11)6-9-17-14(19)15(13(16)20)7-4-2-3-5-8-15/h10H,2-9H2,1H3,(H2,16,20)(H,17,19). The number of thiocarbonyl (C=S) groups is 1. The Morgan fingerprint density at radius 3 is 2.62 bits per heavy atom. The molecule has 1 aliphatic rings. The minimum Gasteiger partial charge on any atom is -0.392 e. The van der Waals surface area contributed by atoms with Gasteiger partial charge in [-0.15, -0.1) is 11.3 Å². The molecule has 3 N–H and O–H groups in total. The summed E-state index contributed by atoms with van der Waals surface area (Å²) in [7, 11) is 0. The second-order valence-electron chi connectivity index (χ2n) is 5.72. The molecule has 0 aliphatic heterocycles. The molecule has 1 saturated carbocycles. The Morgan fingerprint density at radius 1 is 1.43 bits per heavy atom. The van der Waals surface area contributed by atoms with E-state index in [1.54, 1.807) is 11.3 Å². The van der Waals surface area contributed by atoms with Gasteiger partial charge < -0.3 is 11.1 Å². The van der Waals surface area contributed by atoms with Crippen molar-refractivity contribution >= 4 is 34.5 Å². The van der Waals surface area contributed by atoms with Crippen LogP contribution in [0.3, 0.4) is 0 Å². The molecule has 4 nitrogen and oxygen atoms in total. The van der Waals surface area contributed by atoms with E-state index in [1.165, 1.54) is 0 Å². The molecule has 1 heterocycles. The molecule has 0 radical (unpaired) electrons. The lowest BCUT2D eigenvalue weighted by molar-refractivity contribution is -0.128. The zero-order chi connectivity index (χ0) is 15.3. The monoisotopic (exact) mass is 325 g/mol. The van der Waals surface area contributed by atoms with Crippen LogP contribution in [0.5, 0.6) is 0 Å². The van der Waals surface area contributed by atoms with E-state index in [2.05, 4.69) is 10.3 Å². The van der Waals surface area contributed by atoms with Crippen LogP contribution in [0.25, 0.3) is 0 Å². The van der Waals surface area contributed by atoms with Gasteiger partial charge in [-0.2, -0.15) is 0 Å². The van der Waals surface area contributed by atoms with Crippen molar-refractivity contribution in [2.75, 3.05) is 6.54 Å². The molecule has 0 saturated heterocycles. The Bertz CT molecular complexity index is 505. The van der Waals surface area contributed by atoms with Gasteiger partial charge in [0.25, 0.3) is 0 Å². The fourth-order valence-electron chi connectivity index (χ4n) is 2.91. The highest BCUT2D eigenvalue weighted by molar-refractivity contribution is 7.80. The number of aryl methyl sites for hydroxylation is 1. The normalized spacial score (nSPS) is 18.0. The summed E-state index contributed by atoms with van der Waals surface area (Å²) in [4.78, 5) is 17.4. The molecule has 6 heteroatoms. The number of rotatable bonds is 5. The van der Waals surface area contributed by atoms with Crippen LogP contribution in [0.2, 0.25) is 0 Å². The quantitative estimate of drug-likeness (QED) is 0.645. The summed E-state index contributed by atoms with van der Waals surface area (Å²) in [5.41, 5.74) is 6.31. The Labute approximate surface area is 135 Å². The third-order valence-electron chi connectivity index (χ3n) is 4.20. The van der Waals surface area contributed by atoms with Crippen molar-refractivity contribution in [3.05, 3.63) is 16.1 Å². The molecule has 0 bridgehead atoms. The molecule has 0 aromatic carbocycles. The van der Waals surface area contributed by atoms with Crippen LogP contribution in [0, 0.1) is 12.3 Å². The first-order chi connectivity index (χ1) is 10.0. The molecule has 1 amide bonds. The van der Waals surface area contributed by atoms with Gasteiger partial charge >= 0.3 is 0 Å². The summed E-state index contributed by atoms with van der Waals surface area (Å²) >= 11 is 6.85. The van der Waals surface area contributed by atoms with Crippen LogP contribution in [0.15, 0.2) is 5.38 Å². The Hall–Kier alpha value is -1.01. The van der Waals surface area contributed by atoms with Crippen LogP contribution in [0.1, 0.15) is 49.2 Å². The molecule has 0 unspecified atom stereocenters. The lowest BCUT2D eigenvalue weighted by Crippen LogP contribution is -2.49. The van der Waals surface area contributed by atoms with Crippen molar-refractivity contribution in [1.82, 2.24) is 10.3 Å². The lowest BCUT2D eigenvalue weighted by Gasteiger charge is -2.30. The van der Waals surface area contributed by atoms with E-state index in [0.29, 0.717) is 11.5 Å². The zero-order valence-corrected chi connectivity index (χ0v) is 14.1. The van der Waals surface area contributed by atoms with E-state index >= 15 is 0 Å². The number of hydrogen-bond acceptors (Lipinski definition) is 4. The molecule has 1 fully saturated rings. The van der Waals surface area contributed by atoms with Gasteiger partial charge in [0.2, 0.25) is 5.91 Å². The number of nitrogens with zero attached hydrogens (tertiary/aromatic N) is 1. The van der Waals surface area contributed by atoms with Crippen molar-refractivity contribution < 1.29 is 4.79 Å². The summed E-state index contributed by atoms with van der Waals surface area (Å²) in [6.07, 6.45) is 6.69. The van der Waals surface area contributed by atoms with Crippen LogP contribution in [0.4, 0.5) is 0 Å². The molecule has 2 rings (SSSR count). The first kappa shape index (κ1) is 16.4. The van der Waals surface area contributed by atoms with E-state index in [4.69, 9.17) is 18.0 Å². The number of hydrogen-bond donors (Lipinski definition) is 2. The maximum atomic E-state index is 12.6. The third-order valence-corrected chi connectivity index (χ3v) is 5.41. The highest BCUT2D eigenvalue weighted by Crippen LogP contribution is 2.35. The van der Waals surface area contributed by atoms with Gasteiger partial charge in [0.05, 0.1) is 21.1 Å². The van der Waals surface area contributed by atoms with Gasteiger partial charge in [-0.3, -0.25) is 4.79 Å². The number of nitrogens with two attached hydrogens (primary N) is 1. The number of thiazole rings is 1. The van der Waals surface area contributed by atoms with Crippen molar-refractivity contribution in [1.29, 1.82) is 0 Å². The van der Waals surface area contributed by atoms with Gasteiger partial charge in [-0.05, 0) is 19.8 Å². The first-order valence-corrected chi connectivity index (χ1v) is 8.82. The predicted molar refractivity (Wildman–Crippen MR) is 90.5 cm³/mol. The third kappa shape index (κ3) is 4.01. The average molecular weight is 326 g/mol. The largest absolute Gasteiger partial charge is 0.392 e. The number of nitrogens with one attached hydrogen (secondary N) is 1. The van der Waals surface area contributed by atoms with Crippen LogP contribution in [-0.4, -0.2) is 22.4 Å². The molecular formula is C15H23N3OS2. The molecule has 0 atom stereocenters.